The van der Waals surface area contributed by atoms with E-state index < -0.39 is 0 Å². The van der Waals surface area contributed by atoms with Gasteiger partial charge in [-0.2, -0.15) is 0 Å². The summed E-state index contributed by atoms with van der Waals surface area (Å²) < 4.78 is 5.36. The highest BCUT2D eigenvalue weighted by molar-refractivity contribution is 5.75. The van der Waals surface area contributed by atoms with E-state index in [0.717, 1.165) is 64.4 Å². The molecule has 0 radical (unpaired) electrons. The van der Waals surface area contributed by atoms with Crippen LogP contribution in [0.15, 0.2) is 0 Å². The van der Waals surface area contributed by atoms with Gasteiger partial charge in [-0.1, -0.05) is 0 Å². The predicted octanol–water partition coefficient (Wildman–Crippen LogP) is 1.65. The van der Waals surface area contributed by atoms with Crippen molar-refractivity contribution in [2.45, 2.75) is 38.5 Å². The summed E-state index contributed by atoms with van der Waals surface area (Å²) in [6, 6.07) is 0. The molecule has 0 spiro atoms. The first-order valence-electron chi connectivity index (χ1n) is 7.78. The summed E-state index contributed by atoms with van der Waals surface area (Å²) in [5.41, 5.74) is 0. The minimum Gasteiger partial charge on any atom is -0.381 e. The van der Waals surface area contributed by atoms with Crippen LogP contribution in [0.1, 0.15) is 38.5 Å². The van der Waals surface area contributed by atoms with Crippen molar-refractivity contribution >= 4 is 5.91 Å². The Balaban J connectivity index is 1.63. The Morgan fingerprint density at radius 1 is 1.16 bits per heavy atom. The van der Waals surface area contributed by atoms with Gasteiger partial charge in [-0.25, -0.2) is 0 Å². The lowest BCUT2D eigenvalue weighted by Crippen LogP contribution is -2.34. The molecule has 19 heavy (non-hydrogen) atoms. The first-order chi connectivity index (χ1) is 9.25. The third-order valence-corrected chi connectivity index (χ3v) is 4.52. The van der Waals surface area contributed by atoms with Gasteiger partial charge in [-0.05, 0) is 57.0 Å². The van der Waals surface area contributed by atoms with Gasteiger partial charge in [-0.3, -0.25) is 4.79 Å². The fraction of sp³-hybridized carbons (Fsp3) is 0.933. The summed E-state index contributed by atoms with van der Waals surface area (Å²) in [6.45, 7) is 4.88. The number of carbonyl (C=O) groups excluding carboxylic acids is 1. The molecule has 1 amide bonds. The summed E-state index contributed by atoms with van der Waals surface area (Å²) in [5, 5.41) is 3.37. The molecule has 2 fully saturated rings. The lowest BCUT2D eigenvalue weighted by atomic mass is 9.93. The zero-order valence-electron chi connectivity index (χ0n) is 12.2. The molecular weight excluding hydrogens is 240 g/mol. The molecule has 2 rings (SSSR count). The SMILES string of the molecule is CN(CC1CCOCC1)C(=O)CCC1CCNCC1. The van der Waals surface area contributed by atoms with Crippen molar-refractivity contribution in [2.24, 2.45) is 11.8 Å². The van der Waals surface area contributed by atoms with Crippen LogP contribution in [0.5, 0.6) is 0 Å². The zero-order valence-corrected chi connectivity index (χ0v) is 12.2. The van der Waals surface area contributed by atoms with Crippen LogP contribution in [0.2, 0.25) is 0 Å². The first-order valence-corrected chi connectivity index (χ1v) is 7.78. The van der Waals surface area contributed by atoms with Gasteiger partial charge in [0.15, 0.2) is 0 Å². The molecule has 0 unspecified atom stereocenters. The van der Waals surface area contributed by atoms with Crippen molar-refractivity contribution in [3.05, 3.63) is 0 Å². The van der Waals surface area contributed by atoms with E-state index in [4.69, 9.17) is 4.74 Å². The third kappa shape index (κ3) is 5.11. The minimum absolute atomic E-state index is 0.324. The molecule has 2 aliphatic heterocycles. The molecule has 0 saturated carbocycles. The molecule has 4 nitrogen and oxygen atoms in total. The lowest BCUT2D eigenvalue weighted by Gasteiger charge is -2.28. The third-order valence-electron chi connectivity index (χ3n) is 4.52. The van der Waals surface area contributed by atoms with E-state index in [1.54, 1.807) is 0 Å². The van der Waals surface area contributed by atoms with Crippen molar-refractivity contribution in [2.75, 3.05) is 39.9 Å². The molecule has 0 aromatic rings. The van der Waals surface area contributed by atoms with Crippen LogP contribution in [0.3, 0.4) is 0 Å². The number of nitrogens with zero attached hydrogens (tertiary/aromatic N) is 1. The smallest absolute Gasteiger partial charge is 0.222 e. The fourth-order valence-electron chi connectivity index (χ4n) is 3.11. The average molecular weight is 268 g/mol. The first kappa shape index (κ1) is 14.8. The number of hydrogen-bond donors (Lipinski definition) is 1. The number of carbonyl (C=O) groups is 1. The monoisotopic (exact) mass is 268 g/mol. The molecule has 110 valence electrons. The van der Waals surface area contributed by atoms with E-state index in [1.807, 2.05) is 11.9 Å². The predicted molar refractivity (Wildman–Crippen MR) is 76.0 cm³/mol. The van der Waals surface area contributed by atoms with Crippen LogP contribution in [-0.4, -0.2) is 50.7 Å². The Hall–Kier alpha value is -0.610. The summed E-state index contributed by atoms with van der Waals surface area (Å²) in [7, 11) is 1.96. The highest BCUT2D eigenvalue weighted by Crippen LogP contribution is 2.19. The minimum atomic E-state index is 0.324. The Labute approximate surface area is 116 Å². The molecule has 0 aliphatic carbocycles. The molecule has 2 saturated heterocycles. The van der Waals surface area contributed by atoms with Crippen molar-refractivity contribution in [1.82, 2.24) is 10.2 Å². The summed E-state index contributed by atoms with van der Waals surface area (Å²) in [4.78, 5) is 14.1. The Kier molecular flexibility index (Phi) is 6.11. The van der Waals surface area contributed by atoms with E-state index in [1.165, 1.54) is 12.8 Å². The van der Waals surface area contributed by atoms with Crippen LogP contribution in [0.4, 0.5) is 0 Å². The Morgan fingerprint density at radius 2 is 1.84 bits per heavy atom. The normalized spacial score (nSPS) is 22.4. The molecule has 2 aliphatic rings. The number of hydrogen-bond acceptors (Lipinski definition) is 3. The topological polar surface area (TPSA) is 41.6 Å². The number of ether oxygens (including phenoxy) is 1. The van der Waals surface area contributed by atoms with Crippen molar-refractivity contribution in [3.63, 3.8) is 0 Å². The van der Waals surface area contributed by atoms with Crippen LogP contribution < -0.4 is 5.32 Å². The number of nitrogens with one attached hydrogen (secondary N) is 1. The van der Waals surface area contributed by atoms with E-state index in [-0.39, 0.29) is 0 Å². The second kappa shape index (κ2) is 7.85. The molecule has 4 heteroatoms. The highest BCUT2D eigenvalue weighted by atomic mass is 16.5. The van der Waals surface area contributed by atoms with Crippen molar-refractivity contribution in [3.8, 4) is 0 Å². The fourth-order valence-corrected chi connectivity index (χ4v) is 3.11. The maximum atomic E-state index is 12.1. The molecule has 0 atom stereocenters. The van der Waals surface area contributed by atoms with E-state index in [0.29, 0.717) is 11.8 Å². The molecule has 0 bridgehead atoms. The summed E-state index contributed by atoms with van der Waals surface area (Å²) in [6.07, 6.45) is 6.47. The van der Waals surface area contributed by atoms with Crippen molar-refractivity contribution in [1.29, 1.82) is 0 Å². The number of amides is 1. The summed E-state index contributed by atoms with van der Waals surface area (Å²) in [5.74, 6) is 1.72. The van der Waals surface area contributed by atoms with Crippen LogP contribution >= 0.6 is 0 Å². The quantitative estimate of drug-likeness (QED) is 0.824. The molecule has 2 heterocycles. The van der Waals surface area contributed by atoms with Gasteiger partial charge in [0, 0.05) is 33.2 Å². The molecular formula is C15H28N2O2. The van der Waals surface area contributed by atoms with Gasteiger partial charge >= 0.3 is 0 Å². The Morgan fingerprint density at radius 3 is 2.53 bits per heavy atom. The average Bonchev–Trinajstić information content (AvgIpc) is 2.47. The van der Waals surface area contributed by atoms with Crippen LogP contribution in [0, 0.1) is 11.8 Å². The van der Waals surface area contributed by atoms with Gasteiger partial charge in [0.1, 0.15) is 0 Å². The van der Waals surface area contributed by atoms with E-state index in [2.05, 4.69) is 5.32 Å². The summed E-state index contributed by atoms with van der Waals surface area (Å²) >= 11 is 0. The van der Waals surface area contributed by atoms with E-state index in [9.17, 15) is 4.79 Å². The van der Waals surface area contributed by atoms with Crippen LogP contribution in [-0.2, 0) is 9.53 Å². The molecule has 0 aromatic carbocycles. The largest absolute Gasteiger partial charge is 0.381 e. The Bertz CT molecular complexity index is 271. The lowest BCUT2D eigenvalue weighted by molar-refractivity contribution is -0.131. The van der Waals surface area contributed by atoms with Gasteiger partial charge in [0.2, 0.25) is 5.91 Å². The highest BCUT2D eigenvalue weighted by Gasteiger charge is 2.20. The standard InChI is InChI=1S/C15H28N2O2/c1-17(12-14-6-10-19-11-7-14)15(18)3-2-13-4-8-16-9-5-13/h13-14,16H,2-12H2,1H3. The second-order valence-electron chi connectivity index (χ2n) is 6.06. The van der Waals surface area contributed by atoms with Gasteiger partial charge in [-0.15, -0.1) is 0 Å². The van der Waals surface area contributed by atoms with Gasteiger partial charge in [0.25, 0.3) is 0 Å². The van der Waals surface area contributed by atoms with Crippen LogP contribution in [0.25, 0.3) is 0 Å². The van der Waals surface area contributed by atoms with Gasteiger partial charge in [0.05, 0.1) is 0 Å². The zero-order chi connectivity index (χ0) is 13.5. The maximum absolute atomic E-state index is 12.1. The molecule has 0 aromatic heterocycles. The number of rotatable bonds is 5. The number of piperidine rings is 1. The second-order valence-corrected chi connectivity index (χ2v) is 6.06. The van der Waals surface area contributed by atoms with E-state index >= 15 is 0 Å². The maximum Gasteiger partial charge on any atom is 0.222 e. The van der Waals surface area contributed by atoms with Gasteiger partial charge < -0.3 is 15.0 Å². The van der Waals surface area contributed by atoms with Crippen molar-refractivity contribution < 1.29 is 9.53 Å². The molecule has 1 N–H and O–H groups in total.